The molecule has 0 saturated carbocycles. The molecule has 0 aliphatic rings. The van der Waals surface area contributed by atoms with Crippen molar-refractivity contribution in [1.82, 2.24) is 10.6 Å². The first-order chi connectivity index (χ1) is 15.1. The summed E-state index contributed by atoms with van der Waals surface area (Å²) in [4.78, 5) is 21.6. The molecule has 0 bridgehead atoms. The molecule has 0 rings (SSSR count). The standard InChI is InChI=1S/C24H48N2O7/c1-9-23(7,15-25-19(27)28)17-31-13-11-21(3,4)32-14-12-22(5,6)33-18-24(8,10-2)16-26-20(29)30/h25-26H,9-18H2,1-8H3,(H,27,28)(H,29,30). The van der Waals surface area contributed by atoms with Crippen molar-refractivity contribution in [2.24, 2.45) is 10.8 Å². The molecule has 0 fully saturated rings. The first-order valence-electron chi connectivity index (χ1n) is 11.9. The quantitative estimate of drug-likeness (QED) is 0.210. The molecule has 0 saturated heterocycles. The zero-order chi connectivity index (χ0) is 25.8. The Morgan fingerprint density at radius 3 is 1.58 bits per heavy atom. The van der Waals surface area contributed by atoms with E-state index in [-0.39, 0.29) is 16.4 Å². The van der Waals surface area contributed by atoms with E-state index in [4.69, 9.17) is 24.4 Å². The van der Waals surface area contributed by atoms with E-state index in [0.29, 0.717) is 45.9 Å². The van der Waals surface area contributed by atoms with Crippen LogP contribution in [0.1, 0.15) is 81.1 Å². The van der Waals surface area contributed by atoms with Crippen molar-refractivity contribution in [3.63, 3.8) is 0 Å². The monoisotopic (exact) mass is 476 g/mol. The van der Waals surface area contributed by atoms with Crippen LogP contribution in [0.25, 0.3) is 0 Å². The fourth-order valence-corrected chi connectivity index (χ4v) is 2.86. The van der Waals surface area contributed by atoms with Gasteiger partial charge in [0.2, 0.25) is 0 Å². The molecule has 0 aliphatic heterocycles. The van der Waals surface area contributed by atoms with Crippen molar-refractivity contribution < 1.29 is 34.0 Å². The largest absolute Gasteiger partial charge is 0.465 e. The summed E-state index contributed by atoms with van der Waals surface area (Å²) >= 11 is 0. The third-order valence-electron chi connectivity index (χ3n) is 6.35. The van der Waals surface area contributed by atoms with Crippen molar-refractivity contribution in [1.29, 1.82) is 0 Å². The van der Waals surface area contributed by atoms with Gasteiger partial charge in [-0.2, -0.15) is 0 Å². The summed E-state index contributed by atoms with van der Waals surface area (Å²) in [5.41, 5.74) is -1.26. The zero-order valence-corrected chi connectivity index (χ0v) is 22.0. The van der Waals surface area contributed by atoms with Gasteiger partial charge in [0.05, 0.1) is 31.0 Å². The molecule has 33 heavy (non-hydrogen) atoms. The smallest absolute Gasteiger partial charge is 0.404 e. The van der Waals surface area contributed by atoms with Crippen LogP contribution in [0.5, 0.6) is 0 Å². The summed E-state index contributed by atoms with van der Waals surface area (Å²) in [6.07, 6.45) is 0.993. The van der Waals surface area contributed by atoms with Crippen LogP contribution in [-0.4, -0.2) is 73.1 Å². The maximum atomic E-state index is 10.8. The minimum Gasteiger partial charge on any atom is -0.465 e. The van der Waals surface area contributed by atoms with E-state index in [9.17, 15) is 9.59 Å². The van der Waals surface area contributed by atoms with Gasteiger partial charge in [-0.3, -0.25) is 0 Å². The second-order valence-electron chi connectivity index (χ2n) is 10.9. The number of rotatable bonds is 18. The number of nitrogens with one attached hydrogen (secondary N) is 2. The lowest BCUT2D eigenvalue weighted by Crippen LogP contribution is -2.41. The van der Waals surface area contributed by atoms with Gasteiger partial charge in [-0.15, -0.1) is 0 Å². The molecule has 2 unspecified atom stereocenters. The Morgan fingerprint density at radius 1 is 0.697 bits per heavy atom. The predicted molar refractivity (Wildman–Crippen MR) is 129 cm³/mol. The van der Waals surface area contributed by atoms with E-state index >= 15 is 0 Å². The first kappa shape index (κ1) is 31.4. The fourth-order valence-electron chi connectivity index (χ4n) is 2.86. The highest BCUT2D eigenvalue weighted by atomic mass is 16.5. The molecule has 196 valence electrons. The first-order valence-corrected chi connectivity index (χ1v) is 11.9. The Labute approximate surface area is 199 Å². The summed E-state index contributed by atoms with van der Waals surface area (Å²) in [6.45, 7) is 18.9. The highest BCUT2D eigenvalue weighted by molar-refractivity contribution is 5.64. The van der Waals surface area contributed by atoms with Crippen LogP contribution in [-0.2, 0) is 14.2 Å². The Kier molecular flexibility index (Phi) is 13.3. The second kappa shape index (κ2) is 14.0. The van der Waals surface area contributed by atoms with Crippen molar-refractivity contribution in [3.05, 3.63) is 0 Å². The summed E-state index contributed by atoms with van der Waals surface area (Å²) in [5, 5.41) is 22.6. The molecule has 2 amide bonds. The molecule has 0 aromatic heterocycles. The third kappa shape index (κ3) is 15.0. The van der Waals surface area contributed by atoms with Gasteiger partial charge in [0.1, 0.15) is 0 Å². The van der Waals surface area contributed by atoms with Gasteiger partial charge in [0, 0.05) is 30.5 Å². The molecule has 4 N–H and O–H groups in total. The molecule has 0 aliphatic carbocycles. The minimum absolute atomic E-state index is 0.238. The molecule has 0 spiro atoms. The average Bonchev–Trinajstić information content (AvgIpc) is 2.72. The van der Waals surface area contributed by atoms with Crippen LogP contribution in [0.15, 0.2) is 0 Å². The maximum Gasteiger partial charge on any atom is 0.404 e. The van der Waals surface area contributed by atoms with Gasteiger partial charge in [-0.05, 0) is 53.4 Å². The molecule has 0 radical (unpaired) electrons. The van der Waals surface area contributed by atoms with Gasteiger partial charge in [-0.1, -0.05) is 27.7 Å². The number of amides is 2. The lowest BCUT2D eigenvalue weighted by molar-refractivity contribution is -0.0979. The minimum atomic E-state index is -1.02. The van der Waals surface area contributed by atoms with Crippen LogP contribution in [0.3, 0.4) is 0 Å². The Balaban J connectivity index is 4.37. The normalized spacial score (nSPS) is 16.0. The summed E-state index contributed by atoms with van der Waals surface area (Å²) in [7, 11) is 0. The van der Waals surface area contributed by atoms with Crippen LogP contribution < -0.4 is 10.6 Å². The number of ether oxygens (including phenoxy) is 3. The van der Waals surface area contributed by atoms with Crippen molar-refractivity contribution in [2.45, 2.75) is 92.3 Å². The Hall–Kier alpha value is -1.58. The van der Waals surface area contributed by atoms with Crippen LogP contribution >= 0.6 is 0 Å². The molecule has 0 heterocycles. The van der Waals surface area contributed by atoms with Crippen LogP contribution in [0.2, 0.25) is 0 Å². The number of carboxylic acid groups (broad SMARTS) is 2. The van der Waals surface area contributed by atoms with Gasteiger partial charge in [0.25, 0.3) is 0 Å². The highest BCUT2D eigenvalue weighted by Gasteiger charge is 2.29. The van der Waals surface area contributed by atoms with Gasteiger partial charge in [0.15, 0.2) is 0 Å². The van der Waals surface area contributed by atoms with Crippen LogP contribution in [0, 0.1) is 10.8 Å². The third-order valence-corrected chi connectivity index (χ3v) is 6.35. The molecule has 2 atom stereocenters. The Bertz CT molecular complexity index is 597. The number of carbonyl (C=O) groups is 2. The highest BCUT2D eigenvalue weighted by Crippen LogP contribution is 2.26. The van der Waals surface area contributed by atoms with Gasteiger partial charge < -0.3 is 35.1 Å². The van der Waals surface area contributed by atoms with Gasteiger partial charge in [-0.25, -0.2) is 9.59 Å². The SMILES string of the molecule is CCC(C)(CNC(=O)O)COCCC(C)(C)OCCC(C)(C)OCC(C)(CC)CNC(=O)O. The number of hydrogen-bond donors (Lipinski definition) is 4. The summed E-state index contributed by atoms with van der Waals surface area (Å²) < 4.78 is 18.1. The summed E-state index contributed by atoms with van der Waals surface area (Å²) in [5.74, 6) is 0. The summed E-state index contributed by atoms with van der Waals surface area (Å²) in [6, 6.07) is 0. The predicted octanol–water partition coefficient (Wildman–Crippen LogP) is 4.74. The van der Waals surface area contributed by atoms with Gasteiger partial charge >= 0.3 is 12.2 Å². The molecule has 0 aromatic rings. The molecular formula is C24H48N2O7. The molecule has 9 nitrogen and oxygen atoms in total. The molecular weight excluding hydrogens is 428 g/mol. The topological polar surface area (TPSA) is 126 Å². The van der Waals surface area contributed by atoms with E-state index in [1.165, 1.54) is 0 Å². The van der Waals surface area contributed by atoms with E-state index < -0.39 is 17.8 Å². The average molecular weight is 477 g/mol. The lowest BCUT2D eigenvalue weighted by atomic mass is 9.88. The fraction of sp³-hybridized carbons (Fsp3) is 0.917. The Morgan fingerprint density at radius 2 is 1.12 bits per heavy atom. The lowest BCUT2D eigenvalue weighted by Gasteiger charge is -2.34. The van der Waals surface area contributed by atoms with E-state index in [0.717, 1.165) is 19.3 Å². The van der Waals surface area contributed by atoms with E-state index in [2.05, 4.69) is 10.6 Å². The molecule has 0 aromatic carbocycles. The second-order valence-corrected chi connectivity index (χ2v) is 10.9. The zero-order valence-electron chi connectivity index (χ0n) is 22.0. The van der Waals surface area contributed by atoms with Crippen molar-refractivity contribution in [2.75, 3.05) is 39.5 Å². The maximum absolute atomic E-state index is 10.8. The van der Waals surface area contributed by atoms with E-state index in [1.54, 1.807) is 0 Å². The molecule has 9 heteroatoms. The van der Waals surface area contributed by atoms with Crippen molar-refractivity contribution in [3.8, 4) is 0 Å². The van der Waals surface area contributed by atoms with E-state index in [1.807, 2.05) is 55.4 Å². The van der Waals surface area contributed by atoms with Crippen LogP contribution in [0.4, 0.5) is 9.59 Å². The number of hydrogen-bond acceptors (Lipinski definition) is 5. The van der Waals surface area contributed by atoms with Crippen molar-refractivity contribution >= 4 is 12.2 Å².